The number of carboxylic acid groups (broad SMARTS) is 1. The van der Waals surface area contributed by atoms with Gasteiger partial charge in [-0.1, -0.05) is 0 Å². The van der Waals surface area contributed by atoms with Gasteiger partial charge in [-0.3, -0.25) is 4.79 Å². The Kier molecular flexibility index (Phi) is 5.60. The van der Waals surface area contributed by atoms with Crippen LogP contribution in [0.4, 0.5) is 0 Å². The van der Waals surface area contributed by atoms with Gasteiger partial charge < -0.3 is 19.2 Å². The average Bonchev–Trinajstić information content (AvgIpc) is 2.86. The Morgan fingerprint density at radius 2 is 2.18 bits per heavy atom. The second-order valence-corrected chi connectivity index (χ2v) is 5.76. The molecule has 6 heteroatoms. The van der Waals surface area contributed by atoms with Crippen molar-refractivity contribution in [2.24, 2.45) is 0 Å². The van der Waals surface area contributed by atoms with Crippen LogP contribution < -0.4 is 0 Å². The molecule has 0 spiro atoms. The van der Waals surface area contributed by atoms with E-state index in [0.717, 1.165) is 25.9 Å². The highest BCUT2D eigenvalue weighted by Gasteiger charge is 2.19. The van der Waals surface area contributed by atoms with Crippen LogP contribution in [0.2, 0.25) is 0 Å². The Labute approximate surface area is 130 Å². The number of amides is 1. The standard InChI is InChI=1S/C16H23NO5/c1-11-14(16(19)20)9-13(22-11)10-17(2)15(18)7-6-12-5-3-4-8-21-12/h9,12H,3-8,10H2,1-2H3,(H,19,20)/t12-/m0/s1. The van der Waals surface area contributed by atoms with Crippen molar-refractivity contribution in [3.8, 4) is 0 Å². The van der Waals surface area contributed by atoms with Gasteiger partial charge in [0.05, 0.1) is 12.6 Å². The summed E-state index contributed by atoms with van der Waals surface area (Å²) >= 11 is 0. The lowest BCUT2D eigenvalue weighted by atomic mass is 10.0. The number of aryl methyl sites for hydroxylation is 1. The minimum absolute atomic E-state index is 0.0140. The van der Waals surface area contributed by atoms with Gasteiger partial charge in [0, 0.05) is 20.1 Å². The number of furan rings is 1. The largest absolute Gasteiger partial charge is 0.478 e. The molecule has 1 aliphatic heterocycles. The summed E-state index contributed by atoms with van der Waals surface area (Å²) in [4.78, 5) is 24.7. The Balaban J connectivity index is 1.82. The highest BCUT2D eigenvalue weighted by Crippen LogP contribution is 2.19. The smallest absolute Gasteiger partial charge is 0.339 e. The highest BCUT2D eigenvalue weighted by atomic mass is 16.5. The first-order valence-electron chi connectivity index (χ1n) is 7.65. The van der Waals surface area contributed by atoms with Crippen molar-refractivity contribution in [3.63, 3.8) is 0 Å². The van der Waals surface area contributed by atoms with Gasteiger partial charge in [0.2, 0.25) is 5.91 Å². The predicted molar refractivity (Wildman–Crippen MR) is 79.7 cm³/mol. The first-order chi connectivity index (χ1) is 10.5. The van der Waals surface area contributed by atoms with E-state index in [1.165, 1.54) is 12.5 Å². The lowest BCUT2D eigenvalue weighted by Gasteiger charge is -2.23. The molecule has 0 radical (unpaired) electrons. The summed E-state index contributed by atoms with van der Waals surface area (Å²) in [6, 6.07) is 1.48. The molecule has 2 rings (SSSR count). The summed E-state index contributed by atoms with van der Waals surface area (Å²) in [5.41, 5.74) is 0.145. The molecule has 0 unspecified atom stereocenters. The van der Waals surface area contributed by atoms with Gasteiger partial charge in [0.1, 0.15) is 17.1 Å². The Morgan fingerprint density at radius 3 is 2.77 bits per heavy atom. The van der Waals surface area contributed by atoms with Crippen molar-refractivity contribution in [1.29, 1.82) is 0 Å². The first-order valence-corrected chi connectivity index (χ1v) is 7.65. The lowest BCUT2D eigenvalue weighted by molar-refractivity contribution is -0.131. The molecule has 6 nitrogen and oxygen atoms in total. The van der Waals surface area contributed by atoms with Crippen LogP contribution >= 0.6 is 0 Å². The Bertz CT molecular complexity index is 531. The van der Waals surface area contributed by atoms with Crippen LogP contribution in [0.1, 0.15) is 54.0 Å². The van der Waals surface area contributed by atoms with Gasteiger partial charge in [-0.2, -0.15) is 0 Å². The molecule has 0 aliphatic carbocycles. The van der Waals surface area contributed by atoms with Crippen LogP contribution in [0.5, 0.6) is 0 Å². The third-order valence-corrected chi connectivity index (χ3v) is 3.97. The summed E-state index contributed by atoms with van der Waals surface area (Å²) in [5.74, 6) is -0.158. The molecule has 122 valence electrons. The molecular formula is C16H23NO5. The zero-order valence-electron chi connectivity index (χ0n) is 13.1. The molecule has 0 bridgehead atoms. The van der Waals surface area contributed by atoms with Gasteiger partial charge in [0.15, 0.2) is 0 Å². The van der Waals surface area contributed by atoms with Gasteiger partial charge in [-0.15, -0.1) is 0 Å². The zero-order chi connectivity index (χ0) is 16.1. The van der Waals surface area contributed by atoms with Gasteiger partial charge in [0.25, 0.3) is 0 Å². The summed E-state index contributed by atoms with van der Waals surface area (Å²) in [6.45, 7) is 2.67. The molecule has 2 heterocycles. The topological polar surface area (TPSA) is 80.0 Å². The van der Waals surface area contributed by atoms with Gasteiger partial charge in [-0.25, -0.2) is 4.79 Å². The zero-order valence-corrected chi connectivity index (χ0v) is 13.1. The van der Waals surface area contributed by atoms with E-state index in [9.17, 15) is 9.59 Å². The highest BCUT2D eigenvalue weighted by molar-refractivity contribution is 5.88. The fourth-order valence-electron chi connectivity index (χ4n) is 2.67. The van der Waals surface area contributed by atoms with Crippen molar-refractivity contribution in [2.45, 2.75) is 51.7 Å². The van der Waals surface area contributed by atoms with Gasteiger partial charge >= 0.3 is 5.97 Å². The van der Waals surface area contributed by atoms with E-state index in [-0.39, 0.29) is 24.1 Å². The fourth-order valence-corrected chi connectivity index (χ4v) is 2.67. The fraction of sp³-hybridized carbons (Fsp3) is 0.625. The molecular weight excluding hydrogens is 286 g/mol. The number of hydrogen-bond acceptors (Lipinski definition) is 4. The quantitative estimate of drug-likeness (QED) is 0.873. The molecule has 1 N–H and O–H groups in total. The summed E-state index contributed by atoms with van der Waals surface area (Å²) in [7, 11) is 1.70. The van der Waals surface area contributed by atoms with E-state index in [4.69, 9.17) is 14.3 Å². The maximum Gasteiger partial charge on any atom is 0.339 e. The summed E-state index contributed by atoms with van der Waals surface area (Å²) in [6.07, 6.45) is 4.66. The van der Waals surface area contributed by atoms with E-state index in [1.54, 1.807) is 18.9 Å². The molecule has 1 saturated heterocycles. The number of carboxylic acids is 1. The van der Waals surface area contributed by atoms with Crippen molar-refractivity contribution < 1.29 is 23.8 Å². The molecule has 22 heavy (non-hydrogen) atoms. The molecule has 1 aromatic rings. The Hall–Kier alpha value is -1.82. The molecule has 0 saturated carbocycles. The van der Waals surface area contributed by atoms with Crippen LogP contribution in [0.3, 0.4) is 0 Å². The van der Waals surface area contributed by atoms with Crippen molar-refractivity contribution in [1.82, 2.24) is 4.90 Å². The van der Waals surface area contributed by atoms with Crippen LogP contribution in [0, 0.1) is 6.92 Å². The lowest BCUT2D eigenvalue weighted by Crippen LogP contribution is -2.28. The predicted octanol–water partition coefficient (Wildman–Crippen LogP) is 2.59. The van der Waals surface area contributed by atoms with E-state index in [0.29, 0.717) is 17.9 Å². The third kappa shape index (κ3) is 4.34. The SMILES string of the molecule is Cc1oc(CN(C)C(=O)CC[C@@H]2CCCCO2)cc1C(=O)O. The molecule has 1 amide bonds. The second-order valence-electron chi connectivity index (χ2n) is 5.76. The average molecular weight is 309 g/mol. The number of hydrogen-bond donors (Lipinski definition) is 1. The molecule has 1 aliphatic rings. The Morgan fingerprint density at radius 1 is 1.41 bits per heavy atom. The number of rotatable bonds is 6. The number of carbonyl (C=O) groups is 2. The number of ether oxygens (including phenoxy) is 1. The van der Waals surface area contributed by atoms with Crippen molar-refractivity contribution in [3.05, 3.63) is 23.2 Å². The summed E-state index contributed by atoms with van der Waals surface area (Å²) < 4.78 is 11.0. The van der Waals surface area contributed by atoms with E-state index in [1.807, 2.05) is 0 Å². The maximum absolute atomic E-state index is 12.1. The number of aromatic carboxylic acids is 1. The minimum Gasteiger partial charge on any atom is -0.478 e. The summed E-state index contributed by atoms with van der Waals surface area (Å²) in [5, 5.41) is 9.00. The van der Waals surface area contributed by atoms with Crippen LogP contribution in [0.15, 0.2) is 10.5 Å². The minimum atomic E-state index is -1.02. The van der Waals surface area contributed by atoms with Crippen LogP contribution in [-0.4, -0.2) is 41.6 Å². The maximum atomic E-state index is 12.1. The number of nitrogens with zero attached hydrogens (tertiary/aromatic N) is 1. The molecule has 1 fully saturated rings. The molecule has 0 aromatic carbocycles. The monoisotopic (exact) mass is 309 g/mol. The van der Waals surface area contributed by atoms with Crippen molar-refractivity contribution >= 4 is 11.9 Å². The second kappa shape index (κ2) is 7.45. The molecule has 1 atom stereocenters. The van der Waals surface area contributed by atoms with Gasteiger partial charge in [-0.05, 0) is 38.7 Å². The van der Waals surface area contributed by atoms with E-state index in [2.05, 4.69) is 0 Å². The van der Waals surface area contributed by atoms with Crippen molar-refractivity contribution in [2.75, 3.05) is 13.7 Å². The third-order valence-electron chi connectivity index (χ3n) is 3.97. The van der Waals surface area contributed by atoms with E-state index < -0.39 is 5.97 Å². The van der Waals surface area contributed by atoms with Crippen LogP contribution in [0.25, 0.3) is 0 Å². The van der Waals surface area contributed by atoms with Crippen LogP contribution in [-0.2, 0) is 16.1 Å². The van der Waals surface area contributed by atoms with E-state index >= 15 is 0 Å². The normalized spacial score (nSPS) is 18.2. The first kappa shape index (κ1) is 16.5. The number of carbonyl (C=O) groups excluding carboxylic acids is 1. The molecule has 1 aromatic heterocycles.